The number of amides is 1. The number of halogens is 3. The Morgan fingerprint density at radius 1 is 1.33 bits per heavy atom. The summed E-state index contributed by atoms with van der Waals surface area (Å²) in [5, 5.41) is 0. The van der Waals surface area contributed by atoms with Gasteiger partial charge in [0.05, 0.1) is 11.0 Å². The molecule has 0 bridgehead atoms. The van der Waals surface area contributed by atoms with E-state index in [1.165, 1.54) is 18.2 Å². The minimum Gasteiger partial charge on any atom is -0.491 e. The van der Waals surface area contributed by atoms with Gasteiger partial charge in [0.2, 0.25) is 0 Å². The molecule has 2 aliphatic heterocycles. The molecule has 1 aromatic rings. The molecular formula is C20H30Cl2FN3O4. The van der Waals surface area contributed by atoms with Crippen LogP contribution in [0.25, 0.3) is 0 Å². The van der Waals surface area contributed by atoms with Gasteiger partial charge in [-0.15, -0.1) is 24.8 Å². The first-order chi connectivity index (χ1) is 13.3. The van der Waals surface area contributed by atoms with Crippen molar-refractivity contribution in [2.45, 2.75) is 25.4 Å². The molecule has 7 nitrogen and oxygen atoms in total. The highest BCUT2D eigenvalue weighted by Crippen LogP contribution is 2.43. The van der Waals surface area contributed by atoms with Crippen molar-refractivity contribution in [3.63, 3.8) is 0 Å². The number of carbonyl (C=O) groups excluding carboxylic acids is 2. The topological polar surface area (TPSA) is 85.1 Å². The molecule has 1 spiro atoms. The van der Waals surface area contributed by atoms with Gasteiger partial charge in [-0.05, 0) is 45.1 Å². The molecule has 2 saturated heterocycles. The van der Waals surface area contributed by atoms with Crippen LogP contribution in [-0.2, 0) is 9.53 Å². The summed E-state index contributed by atoms with van der Waals surface area (Å²) in [5.74, 6) is -0.631. The molecule has 0 saturated carbocycles. The lowest BCUT2D eigenvalue weighted by molar-refractivity contribution is -0.150. The molecule has 1 atom stereocenters. The standard InChI is InChI=1S/C20H28FN3O4.2ClH/c1-23(2)13-15-12-20(19(26)28-15)5-8-24(9-6-20)18(25)16-11-14(21)3-4-17(16)27-10-7-22;;/h3-4,11,15H,5-10,12-13,22H2,1-2H3;2*1H. The van der Waals surface area contributed by atoms with Crippen LogP contribution in [0.5, 0.6) is 5.75 Å². The summed E-state index contributed by atoms with van der Waals surface area (Å²) in [7, 11) is 3.90. The number of benzene rings is 1. The normalized spacial score (nSPS) is 19.8. The summed E-state index contributed by atoms with van der Waals surface area (Å²) in [5.41, 5.74) is 5.12. The summed E-state index contributed by atoms with van der Waals surface area (Å²) in [6, 6.07) is 3.90. The first kappa shape index (κ1) is 26.4. The van der Waals surface area contributed by atoms with E-state index in [1.54, 1.807) is 4.90 Å². The predicted octanol–water partition coefficient (Wildman–Crippen LogP) is 2.11. The average molecular weight is 466 g/mol. The van der Waals surface area contributed by atoms with Crippen molar-refractivity contribution in [3.05, 3.63) is 29.6 Å². The van der Waals surface area contributed by atoms with Gasteiger partial charge in [-0.3, -0.25) is 9.59 Å². The largest absolute Gasteiger partial charge is 0.491 e. The molecule has 0 radical (unpaired) electrons. The highest BCUT2D eigenvalue weighted by atomic mass is 35.5. The number of hydrogen-bond donors (Lipinski definition) is 1. The van der Waals surface area contributed by atoms with Gasteiger partial charge in [-0.2, -0.15) is 0 Å². The van der Waals surface area contributed by atoms with Crippen molar-refractivity contribution in [1.29, 1.82) is 0 Å². The Morgan fingerprint density at radius 3 is 2.60 bits per heavy atom. The maximum absolute atomic E-state index is 13.7. The Morgan fingerprint density at radius 2 is 2.00 bits per heavy atom. The predicted molar refractivity (Wildman–Crippen MR) is 116 cm³/mol. The fourth-order valence-electron chi connectivity index (χ4n) is 4.03. The SMILES string of the molecule is CN(C)CC1CC2(CCN(C(=O)c3cc(F)ccc3OCCN)CC2)C(=O)O1.Cl.Cl. The van der Waals surface area contributed by atoms with E-state index >= 15 is 0 Å². The lowest BCUT2D eigenvalue weighted by Gasteiger charge is -2.36. The van der Waals surface area contributed by atoms with E-state index < -0.39 is 11.2 Å². The van der Waals surface area contributed by atoms with E-state index in [4.69, 9.17) is 15.2 Å². The molecule has 3 rings (SSSR count). The molecule has 0 aromatic heterocycles. The number of esters is 1. The smallest absolute Gasteiger partial charge is 0.312 e. The Labute approximate surface area is 188 Å². The van der Waals surface area contributed by atoms with Crippen LogP contribution in [0.2, 0.25) is 0 Å². The molecule has 170 valence electrons. The first-order valence-electron chi connectivity index (χ1n) is 9.62. The number of carbonyl (C=O) groups is 2. The summed E-state index contributed by atoms with van der Waals surface area (Å²) >= 11 is 0. The van der Waals surface area contributed by atoms with Crippen LogP contribution in [0.15, 0.2) is 18.2 Å². The summed E-state index contributed by atoms with van der Waals surface area (Å²) in [6.45, 7) is 2.09. The van der Waals surface area contributed by atoms with E-state index in [0.717, 1.165) is 0 Å². The van der Waals surface area contributed by atoms with E-state index in [9.17, 15) is 14.0 Å². The number of hydrogen-bond acceptors (Lipinski definition) is 6. The zero-order chi connectivity index (χ0) is 20.3. The Bertz CT molecular complexity index is 743. The number of cyclic esters (lactones) is 1. The number of likely N-dealkylation sites (N-methyl/N-ethyl adjacent to an activating group) is 1. The maximum Gasteiger partial charge on any atom is 0.312 e. The third kappa shape index (κ3) is 5.75. The second-order valence-corrected chi connectivity index (χ2v) is 7.84. The van der Waals surface area contributed by atoms with E-state index in [-0.39, 0.29) is 55.0 Å². The highest BCUT2D eigenvalue weighted by molar-refractivity contribution is 5.97. The highest BCUT2D eigenvalue weighted by Gasteiger charge is 2.50. The van der Waals surface area contributed by atoms with Crippen molar-refractivity contribution >= 4 is 36.7 Å². The van der Waals surface area contributed by atoms with Crippen LogP contribution in [0.4, 0.5) is 4.39 Å². The third-order valence-electron chi connectivity index (χ3n) is 5.45. The maximum atomic E-state index is 13.7. The molecular weight excluding hydrogens is 436 g/mol. The van der Waals surface area contributed by atoms with E-state index in [2.05, 4.69) is 0 Å². The van der Waals surface area contributed by atoms with Crippen molar-refractivity contribution < 1.29 is 23.5 Å². The van der Waals surface area contributed by atoms with Crippen molar-refractivity contribution in [2.75, 3.05) is 46.9 Å². The number of piperidine rings is 1. The van der Waals surface area contributed by atoms with Gasteiger partial charge in [-0.1, -0.05) is 0 Å². The molecule has 2 N–H and O–H groups in total. The molecule has 30 heavy (non-hydrogen) atoms. The molecule has 1 unspecified atom stereocenters. The van der Waals surface area contributed by atoms with Crippen molar-refractivity contribution in [1.82, 2.24) is 9.80 Å². The number of likely N-dealkylation sites (tertiary alicyclic amines) is 1. The van der Waals surface area contributed by atoms with Gasteiger partial charge in [0.25, 0.3) is 5.91 Å². The van der Waals surface area contributed by atoms with Crippen molar-refractivity contribution in [3.8, 4) is 5.75 Å². The van der Waals surface area contributed by atoms with Gasteiger partial charge in [-0.25, -0.2) is 4.39 Å². The van der Waals surface area contributed by atoms with Gasteiger partial charge in [0.1, 0.15) is 24.3 Å². The van der Waals surface area contributed by atoms with Gasteiger partial charge >= 0.3 is 5.97 Å². The quantitative estimate of drug-likeness (QED) is 0.647. The first-order valence-corrected chi connectivity index (χ1v) is 9.62. The zero-order valence-corrected chi connectivity index (χ0v) is 18.9. The second-order valence-electron chi connectivity index (χ2n) is 7.84. The number of rotatable bonds is 6. The van der Waals surface area contributed by atoms with Gasteiger partial charge in [0.15, 0.2) is 0 Å². The molecule has 2 fully saturated rings. The lowest BCUT2D eigenvalue weighted by Crippen LogP contribution is -2.45. The van der Waals surface area contributed by atoms with E-state index in [1.807, 2.05) is 19.0 Å². The molecule has 1 aromatic carbocycles. The number of ether oxygens (including phenoxy) is 2. The fraction of sp³-hybridized carbons (Fsp3) is 0.600. The van der Waals surface area contributed by atoms with E-state index in [0.29, 0.717) is 51.2 Å². The number of nitrogens with zero attached hydrogens (tertiary/aromatic N) is 2. The minimum atomic E-state index is -0.516. The van der Waals surface area contributed by atoms with Gasteiger partial charge in [0, 0.05) is 32.6 Å². The molecule has 10 heteroatoms. The van der Waals surface area contributed by atoms with Crippen LogP contribution in [0.3, 0.4) is 0 Å². The van der Waals surface area contributed by atoms with Crippen LogP contribution in [0.1, 0.15) is 29.6 Å². The van der Waals surface area contributed by atoms with Crippen LogP contribution >= 0.6 is 24.8 Å². The third-order valence-corrected chi connectivity index (χ3v) is 5.45. The summed E-state index contributed by atoms with van der Waals surface area (Å²) in [4.78, 5) is 29.1. The monoisotopic (exact) mass is 465 g/mol. The number of nitrogens with two attached hydrogens (primary N) is 1. The summed E-state index contributed by atoms with van der Waals surface area (Å²) in [6.07, 6.45) is 1.67. The van der Waals surface area contributed by atoms with Crippen molar-refractivity contribution in [2.24, 2.45) is 11.1 Å². The zero-order valence-electron chi connectivity index (χ0n) is 17.3. The van der Waals surface area contributed by atoms with Gasteiger partial charge < -0.3 is 25.0 Å². The van der Waals surface area contributed by atoms with Crippen LogP contribution < -0.4 is 10.5 Å². The second kappa shape index (κ2) is 11.1. The lowest BCUT2D eigenvalue weighted by atomic mass is 9.76. The fourth-order valence-corrected chi connectivity index (χ4v) is 4.03. The molecule has 1 amide bonds. The average Bonchev–Trinajstić information content (AvgIpc) is 2.94. The molecule has 0 aliphatic carbocycles. The Balaban J connectivity index is 0.00000225. The molecule has 2 heterocycles. The Hall–Kier alpha value is -1.61. The van der Waals surface area contributed by atoms with Crippen LogP contribution in [-0.4, -0.2) is 74.7 Å². The molecule has 2 aliphatic rings. The Kier molecular flexibility index (Phi) is 9.81. The minimum absolute atomic E-state index is 0. The summed E-state index contributed by atoms with van der Waals surface area (Å²) < 4.78 is 24.8. The van der Waals surface area contributed by atoms with Crippen LogP contribution in [0, 0.1) is 11.2 Å².